The second-order valence-corrected chi connectivity index (χ2v) is 13.3. The highest BCUT2D eigenvalue weighted by atomic mass is 35.5. The molecule has 0 amide bonds. The quantitative estimate of drug-likeness (QED) is 0.215. The zero-order valence-corrected chi connectivity index (χ0v) is 28.8. The number of methoxy groups -OCH3 is 1. The molecule has 51 heavy (non-hydrogen) atoms. The monoisotopic (exact) mass is 715 g/mol. The van der Waals surface area contributed by atoms with Gasteiger partial charge in [0.1, 0.15) is 28.8 Å². The van der Waals surface area contributed by atoms with Crippen LogP contribution < -0.4 is 30.3 Å². The number of pyridine rings is 4. The van der Waals surface area contributed by atoms with Crippen LogP contribution in [0.3, 0.4) is 0 Å². The minimum absolute atomic E-state index is 0.0680. The fraction of sp³-hybridized carbons (Fsp3) is 0.306. The van der Waals surface area contributed by atoms with Crippen LogP contribution in [0.25, 0.3) is 16.6 Å². The normalized spacial score (nSPS) is 17.6. The lowest BCUT2D eigenvalue weighted by atomic mass is 9.98. The largest absolute Gasteiger partial charge is 0.481 e. The van der Waals surface area contributed by atoms with Crippen molar-refractivity contribution < 1.29 is 23.8 Å². The van der Waals surface area contributed by atoms with E-state index in [9.17, 15) is 19.5 Å². The van der Waals surface area contributed by atoms with Crippen LogP contribution in [0.2, 0.25) is 5.02 Å². The summed E-state index contributed by atoms with van der Waals surface area (Å²) in [6.45, 7) is 2.07. The Morgan fingerprint density at radius 1 is 1.12 bits per heavy atom. The predicted molar refractivity (Wildman–Crippen MR) is 191 cm³/mol. The van der Waals surface area contributed by atoms with Crippen LogP contribution in [0.5, 0.6) is 11.8 Å². The summed E-state index contributed by atoms with van der Waals surface area (Å²) in [5, 5.41) is 10.1. The number of halogens is 2. The molecule has 0 aliphatic carbocycles. The maximum Gasteiger partial charge on any atom is 0.341 e. The molecule has 13 nitrogen and oxygen atoms in total. The highest BCUT2D eigenvalue weighted by molar-refractivity contribution is 6.31. The van der Waals surface area contributed by atoms with Crippen LogP contribution in [0.1, 0.15) is 28.3 Å². The second kappa shape index (κ2) is 13.7. The van der Waals surface area contributed by atoms with E-state index in [4.69, 9.17) is 21.1 Å². The summed E-state index contributed by atoms with van der Waals surface area (Å²) in [5.74, 6) is -1.02. The molecule has 2 saturated heterocycles. The number of carbonyl (C=O) groups is 1. The van der Waals surface area contributed by atoms with E-state index in [1.54, 1.807) is 47.3 Å². The van der Waals surface area contributed by atoms with Gasteiger partial charge in [-0.3, -0.25) is 9.59 Å². The minimum atomic E-state index is -1.43. The number of benzene rings is 1. The summed E-state index contributed by atoms with van der Waals surface area (Å²) in [7, 11) is 5.55. The number of hydrogen-bond donors (Lipinski definition) is 2. The molecule has 6 heterocycles. The van der Waals surface area contributed by atoms with Crippen molar-refractivity contribution in [3.05, 3.63) is 110 Å². The summed E-state index contributed by atoms with van der Waals surface area (Å²) >= 11 is 6.37. The van der Waals surface area contributed by atoms with Gasteiger partial charge in [-0.2, -0.15) is 4.98 Å². The maximum absolute atomic E-state index is 16.3. The molecule has 2 aliphatic heterocycles. The molecule has 2 aliphatic rings. The number of fused-ring (bicyclic) bond motifs is 1. The van der Waals surface area contributed by atoms with E-state index in [1.165, 1.54) is 19.4 Å². The molecule has 2 fully saturated rings. The van der Waals surface area contributed by atoms with Crippen molar-refractivity contribution in [2.45, 2.75) is 24.4 Å². The van der Waals surface area contributed by atoms with E-state index < -0.39 is 28.8 Å². The zero-order chi connectivity index (χ0) is 36.0. The van der Waals surface area contributed by atoms with Gasteiger partial charge >= 0.3 is 5.97 Å². The SMILES string of the molecule is COc1ccc(Cl)c(OC[C@H]2CC(c3ccc(=O)[nH]c3)CN2c2cc3c(cc2F)c(=O)c(C(=O)O)cn3-c2ccc(N3CC(N(C)C)C3)nc2)n1. The van der Waals surface area contributed by atoms with Crippen molar-refractivity contribution in [2.24, 2.45) is 0 Å². The fourth-order valence-electron chi connectivity index (χ4n) is 6.68. The summed E-state index contributed by atoms with van der Waals surface area (Å²) in [4.78, 5) is 55.2. The van der Waals surface area contributed by atoms with Gasteiger partial charge < -0.3 is 38.8 Å². The van der Waals surface area contributed by atoms with Gasteiger partial charge in [0.25, 0.3) is 0 Å². The summed E-state index contributed by atoms with van der Waals surface area (Å²) in [6, 6.07) is 12.7. The summed E-state index contributed by atoms with van der Waals surface area (Å²) < 4.78 is 29.1. The first-order valence-corrected chi connectivity index (χ1v) is 16.7. The number of anilines is 2. The van der Waals surface area contributed by atoms with E-state index in [2.05, 4.69) is 24.8 Å². The number of H-pyrrole nitrogens is 1. The molecule has 5 aromatic rings. The lowest BCUT2D eigenvalue weighted by Crippen LogP contribution is -2.57. The van der Waals surface area contributed by atoms with E-state index in [1.807, 2.05) is 25.1 Å². The van der Waals surface area contributed by atoms with Crippen molar-refractivity contribution in [1.82, 2.24) is 24.4 Å². The molecule has 15 heteroatoms. The number of carboxylic acid groups (broad SMARTS) is 1. The van der Waals surface area contributed by atoms with Gasteiger partial charge in [0.15, 0.2) is 0 Å². The minimum Gasteiger partial charge on any atom is -0.481 e. The lowest BCUT2D eigenvalue weighted by molar-refractivity contribution is 0.0695. The Morgan fingerprint density at radius 3 is 2.59 bits per heavy atom. The number of aromatic nitrogens is 4. The van der Waals surface area contributed by atoms with E-state index in [-0.39, 0.29) is 40.1 Å². The van der Waals surface area contributed by atoms with Gasteiger partial charge in [-0.1, -0.05) is 17.7 Å². The number of aromatic carboxylic acids is 1. The molecule has 0 spiro atoms. The highest BCUT2D eigenvalue weighted by Gasteiger charge is 2.36. The molecule has 0 bridgehead atoms. The number of likely N-dealkylation sites (N-methyl/N-ethyl adjacent to an activating group) is 1. The van der Waals surface area contributed by atoms with Gasteiger partial charge in [-0.25, -0.2) is 14.2 Å². The average Bonchev–Trinajstić information content (AvgIpc) is 3.51. The van der Waals surface area contributed by atoms with Crippen LogP contribution in [-0.2, 0) is 0 Å². The van der Waals surface area contributed by atoms with Crippen molar-refractivity contribution in [1.29, 1.82) is 0 Å². The molecule has 2 atom stereocenters. The Labute approximate surface area is 296 Å². The van der Waals surface area contributed by atoms with E-state index in [0.29, 0.717) is 36.1 Å². The van der Waals surface area contributed by atoms with E-state index >= 15 is 4.39 Å². The molecule has 0 radical (unpaired) electrons. The van der Waals surface area contributed by atoms with Gasteiger partial charge in [0, 0.05) is 61.5 Å². The molecule has 0 saturated carbocycles. The van der Waals surface area contributed by atoms with Crippen LogP contribution >= 0.6 is 11.6 Å². The fourth-order valence-corrected chi connectivity index (χ4v) is 6.84. The average molecular weight is 716 g/mol. The van der Waals surface area contributed by atoms with E-state index in [0.717, 1.165) is 30.5 Å². The van der Waals surface area contributed by atoms with Crippen LogP contribution in [0.4, 0.5) is 15.9 Å². The molecule has 4 aromatic heterocycles. The summed E-state index contributed by atoms with van der Waals surface area (Å²) in [5.41, 5.74) is 0.306. The smallest absolute Gasteiger partial charge is 0.341 e. The number of nitrogens with zero attached hydrogens (tertiary/aromatic N) is 6. The third-order valence-corrected chi connectivity index (χ3v) is 9.93. The van der Waals surface area contributed by atoms with Gasteiger partial charge in [-0.15, -0.1) is 0 Å². The third-order valence-electron chi connectivity index (χ3n) is 9.64. The molecule has 2 N–H and O–H groups in total. The van der Waals surface area contributed by atoms with Crippen molar-refractivity contribution in [3.63, 3.8) is 0 Å². The van der Waals surface area contributed by atoms with Crippen LogP contribution in [0, 0.1) is 5.82 Å². The predicted octanol–water partition coefficient (Wildman–Crippen LogP) is 4.16. The first-order chi connectivity index (χ1) is 24.5. The number of hydrogen-bond acceptors (Lipinski definition) is 10. The first kappa shape index (κ1) is 34.0. The number of ether oxygens (including phenoxy) is 2. The number of nitrogens with one attached hydrogen (secondary N) is 1. The number of aromatic amines is 1. The number of rotatable bonds is 10. The van der Waals surface area contributed by atoms with Gasteiger partial charge in [0.2, 0.25) is 22.7 Å². The van der Waals surface area contributed by atoms with Gasteiger partial charge in [-0.05, 0) is 56.4 Å². The highest BCUT2D eigenvalue weighted by Crippen LogP contribution is 2.38. The first-order valence-electron chi connectivity index (χ1n) is 16.3. The second-order valence-electron chi connectivity index (χ2n) is 12.9. The zero-order valence-electron chi connectivity index (χ0n) is 28.0. The molecule has 1 unspecified atom stereocenters. The lowest BCUT2D eigenvalue weighted by Gasteiger charge is -2.43. The Balaban J connectivity index is 1.29. The van der Waals surface area contributed by atoms with Gasteiger partial charge in [0.05, 0.1) is 36.2 Å². The molecular weight excluding hydrogens is 681 g/mol. The maximum atomic E-state index is 16.3. The van der Waals surface area contributed by atoms with Crippen LogP contribution in [0.15, 0.2) is 76.7 Å². The Morgan fingerprint density at radius 2 is 1.92 bits per heavy atom. The molecule has 1 aromatic carbocycles. The Bertz CT molecular complexity index is 2220. The third kappa shape index (κ3) is 6.59. The Kier molecular flexibility index (Phi) is 9.12. The van der Waals surface area contributed by atoms with Crippen molar-refractivity contribution in [2.75, 3.05) is 57.2 Å². The van der Waals surface area contributed by atoms with Crippen molar-refractivity contribution in [3.8, 4) is 17.4 Å². The summed E-state index contributed by atoms with van der Waals surface area (Å²) in [6.07, 6.45) is 5.03. The standard InChI is InChI=1S/C36H35ClFN7O6/c1-42(2)24-16-43(17-24)31-7-5-22(14-39-31)45-18-26(36(48)49)34(47)25-11-28(38)30(12-29(25)45)44-15-21(20-4-8-32(46)40-13-20)10-23(44)19-51-35-27(37)6-9-33(41-35)50-3/h4-9,11-14,18,21,23-24H,10,15-17,19H2,1-3H3,(H,40,46)(H,48,49)/t21?,23-/m1/s1. The topological polar surface area (TPSA) is 146 Å². The molecule has 264 valence electrons. The Hall–Kier alpha value is -5.47. The molecule has 7 rings (SSSR count). The van der Waals surface area contributed by atoms with Crippen molar-refractivity contribution >= 4 is 40.0 Å². The molecular formula is C36H35ClFN7O6. The van der Waals surface area contributed by atoms with Crippen LogP contribution in [-0.4, -0.2) is 95.0 Å². The number of carboxylic acids is 1.